The molecule has 1 aliphatic carbocycles. The summed E-state index contributed by atoms with van der Waals surface area (Å²) in [6.07, 6.45) is 4.60. The van der Waals surface area contributed by atoms with Crippen LogP contribution in [0.25, 0.3) is 0 Å². The Kier molecular flexibility index (Phi) is 5.76. The molecule has 5 nitrogen and oxygen atoms in total. The van der Waals surface area contributed by atoms with Gasteiger partial charge in [0.05, 0.1) is 11.5 Å². The molecule has 1 aliphatic heterocycles. The first-order valence-electron chi connectivity index (χ1n) is 10.2. The van der Waals surface area contributed by atoms with Crippen LogP contribution in [0.1, 0.15) is 37.7 Å². The second-order valence-corrected chi connectivity index (χ2v) is 8.45. The second kappa shape index (κ2) is 8.46. The van der Waals surface area contributed by atoms with Gasteiger partial charge in [0.2, 0.25) is 5.91 Å². The molecule has 0 bridgehead atoms. The summed E-state index contributed by atoms with van der Waals surface area (Å²) in [7, 11) is 0. The van der Waals surface area contributed by atoms with E-state index in [1.54, 1.807) is 4.90 Å². The fraction of sp³-hybridized carbons (Fsp3) is 0.391. The van der Waals surface area contributed by atoms with Crippen molar-refractivity contribution in [1.82, 2.24) is 10.2 Å². The largest absolute Gasteiger partial charge is 0.346 e. The number of hydrogen-bond acceptors (Lipinski definition) is 2. The molecule has 4 rings (SSSR count). The molecule has 29 heavy (non-hydrogen) atoms. The Bertz CT molecular complexity index is 865. The van der Waals surface area contributed by atoms with Crippen LogP contribution in [-0.2, 0) is 10.3 Å². The predicted octanol–water partition coefficient (Wildman–Crippen LogP) is 4.78. The maximum absolute atomic E-state index is 13.1. The van der Waals surface area contributed by atoms with Crippen molar-refractivity contribution < 1.29 is 9.59 Å². The van der Waals surface area contributed by atoms with Crippen LogP contribution in [0.3, 0.4) is 0 Å². The van der Waals surface area contributed by atoms with Gasteiger partial charge in [-0.05, 0) is 61.9 Å². The molecule has 0 aromatic heterocycles. The maximum Gasteiger partial charge on any atom is 0.321 e. The maximum atomic E-state index is 13.1. The van der Waals surface area contributed by atoms with Crippen LogP contribution in [0.2, 0.25) is 5.02 Å². The molecular formula is C23H26ClN3O2. The van der Waals surface area contributed by atoms with Gasteiger partial charge in [0.1, 0.15) is 0 Å². The van der Waals surface area contributed by atoms with Crippen LogP contribution >= 0.6 is 11.6 Å². The Morgan fingerprint density at radius 2 is 1.72 bits per heavy atom. The van der Waals surface area contributed by atoms with Gasteiger partial charge in [-0.1, -0.05) is 41.9 Å². The lowest BCUT2D eigenvalue weighted by atomic mass is 9.71. The SMILES string of the molecule is O=C(NC1(c2ccc(Cl)cc2)CCC1)C1CCCN(C(=O)Nc2ccccc2)C1. The summed E-state index contributed by atoms with van der Waals surface area (Å²) in [5.41, 5.74) is 1.58. The number of likely N-dealkylation sites (tertiary alicyclic amines) is 1. The number of nitrogens with zero attached hydrogens (tertiary/aromatic N) is 1. The van der Waals surface area contributed by atoms with Gasteiger partial charge in [-0.15, -0.1) is 0 Å². The number of halogens is 1. The number of hydrogen-bond donors (Lipinski definition) is 2. The summed E-state index contributed by atoms with van der Waals surface area (Å²) in [5.74, 6) is -0.146. The molecule has 1 saturated carbocycles. The molecule has 3 amide bonds. The highest BCUT2D eigenvalue weighted by Gasteiger charge is 2.41. The minimum absolute atomic E-state index is 0.0388. The van der Waals surface area contributed by atoms with Gasteiger partial charge >= 0.3 is 6.03 Å². The van der Waals surface area contributed by atoms with E-state index < -0.39 is 0 Å². The summed E-state index contributed by atoms with van der Waals surface area (Å²) in [6, 6.07) is 17.0. The average Bonchev–Trinajstić information content (AvgIpc) is 2.72. The first-order valence-corrected chi connectivity index (χ1v) is 10.6. The lowest BCUT2D eigenvalue weighted by molar-refractivity contribution is -0.129. The van der Waals surface area contributed by atoms with E-state index in [1.165, 1.54) is 0 Å². The Labute approximate surface area is 176 Å². The number of benzene rings is 2. The summed E-state index contributed by atoms with van der Waals surface area (Å²) in [5, 5.41) is 6.92. The highest BCUT2D eigenvalue weighted by Crippen LogP contribution is 2.42. The molecule has 2 aromatic rings. The normalized spacial score (nSPS) is 20.4. The molecule has 1 atom stereocenters. The van der Waals surface area contributed by atoms with E-state index in [0.717, 1.165) is 43.4 Å². The van der Waals surface area contributed by atoms with E-state index in [4.69, 9.17) is 11.6 Å². The van der Waals surface area contributed by atoms with Gasteiger partial charge < -0.3 is 15.5 Å². The predicted molar refractivity (Wildman–Crippen MR) is 115 cm³/mol. The molecule has 1 unspecified atom stereocenters. The number of piperidine rings is 1. The topological polar surface area (TPSA) is 61.4 Å². The Balaban J connectivity index is 1.39. The lowest BCUT2D eigenvalue weighted by Crippen LogP contribution is -2.55. The number of urea groups is 1. The summed E-state index contributed by atoms with van der Waals surface area (Å²) in [6.45, 7) is 1.12. The molecule has 2 aromatic carbocycles. The zero-order chi connectivity index (χ0) is 20.3. The Morgan fingerprint density at radius 1 is 1.00 bits per heavy atom. The molecule has 2 fully saturated rings. The Hall–Kier alpha value is -2.53. The van der Waals surface area contributed by atoms with Crippen molar-refractivity contribution in [2.75, 3.05) is 18.4 Å². The highest BCUT2D eigenvalue weighted by atomic mass is 35.5. The summed E-state index contributed by atoms with van der Waals surface area (Å²) < 4.78 is 0. The third-order valence-corrected chi connectivity index (χ3v) is 6.32. The molecule has 1 heterocycles. The van der Waals surface area contributed by atoms with Crippen LogP contribution in [0, 0.1) is 5.92 Å². The number of nitrogens with one attached hydrogen (secondary N) is 2. The average molecular weight is 412 g/mol. The van der Waals surface area contributed by atoms with Crippen molar-refractivity contribution in [3.05, 3.63) is 65.2 Å². The minimum atomic E-state index is -0.295. The van der Waals surface area contributed by atoms with E-state index in [2.05, 4.69) is 10.6 Å². The monoisotopic (exact) mass is 411 g/mol. The fourth-order valence-corrected chi connectivity index (χ4v) is 4.35. The molecule has 6 heteroatoms. The zero-order valence-corrected chi connectivity index (χ0v) is 17.1. The first kappa shape index (κ1) is 19.8. The van der Waals surface area contributed by atoms with Crippen LogP contribution in [0.4, 0.5) is 10.5 Å². The molecule has 0 radical (unpaired) electrons. The van der Waals surface area contributed by atoms with E-state index >= 15 is 0 Å². The van der Waals surface area contributed by atoms with Crippen molar-refractivity contribution in [1.29, 1.82) is 0 Å². The number of para-hydroxylation sites is 1. The Morgan fingerprint density at radius 3 is 2.38 bits per heavy atom. The fourth-order valence-electron chi connectivity index (χ4n) is 4.22. The van der Waals surface area contributed by atoms with Crippen LogP contribution in [0.5, 0.6) is 0 Å². The van der Waals surface area contributed by atoms with Crippen molar-refractivity contribution in [3.63, 3.8) is 0 Å². The van der Waals surface area contributed by atoms with Gasteiger partial charge in [-0.25, -0.2) is 4.79 Å². The smallest absolute Gasteiger partial charge is 0.321 e. The molecular weight excluding hydrogens is 386 g/mol. The first-order chi connectivity index (χ1) is 14.1. The van der Waals surface area contributed by atoms with Gasteiger partial charge in [0, 0.05) is 23.8 Å². The van der Waals surface area contributed by atoms with Gasteiger partial charge in [0.25, 0.3) is 0 Å². The summed E-state index contributed by atoms with van der Waals surface area (Å²) in [4.78, 5) is 27.4. The van der Waals surface area contributed by atoms with E-state index in [0.29, 0.717) is 18.1 Å². The molecule has 0 spiro atoms. The number of rotatable bonds is 4. The number of anilines is 1. The third kappa shape index (κ3) is 4.40. The highest BCUT2D eigenvalue weighted by molar-refractivity contribution is 6.30. The summed E-state index contributed by atoms with van der Waals surface area (Å²) >= 11 is 6.02. The van der Waals surface area contributed by atoms with E-state index in [1.807, 2.05) is 54.6 Å². The van der Waals surface area contributed by atoms with E-state index in [-0.39, 0.29) is 23.4 Å². The molecule has 1 saturated heterocycles. The number of carbonyl (C=O) groups excluding carboxylic acids is 2. The number of carbonyl (C=O) groups is 2. The molecule has 152 valence electrons. The van der Waals surface area contributed by atoms with Gasteiger partial charge in [-0.3, -0.25) is 4.79 Å². The van der Waals surface area contributed by atoms with Crippen LogP contribution in [-0.4, -0.2) is 29.9 Å². The minimum Gasteiger partial charge on any atom is -0.346 e. The van der Waals surface area contributed by atoms with Crippen molar-refractivity contribution >= 4 is 29.2 Å². The third-order valence-electron chi connectivity index (χ3n) is 6.07. The second-order valence-electron chi connectivity index (χ2n) is 8.01. The van der Waals surface area contributed by atoms with Crippen molar-refractivity contribution in [2.24, 2.45) is 5.92 Å². The molecule has 2 N–H and O–H groups in total. The van der Waals surface area contributed by atoms with Gasteiger partial charge in [-0.2, -0.15) is 0 Å². The quantitative estimate of drug-likeness (QED) is 0.760. The zero-order valence-electron chi connectivity index (χ0n) is 16.4. The standard InChI is InChI=1S/C23H26ClN3O2/c24-19-11-9-18(10-12-19)23(13-5-14-23)26-21(28)17-6-4-15-27(16-17)22(29)25-20-7-2-1-3-8-20/h1-3,7-12,17H,4-6,13-16H2,(H,25,29)(H,26,28). The van der Waals surface area contributed by atoms with E-state index in [9.17, 15) is 9.59 Å². The van der Waals surface area contributed by atoms with Crippen molar-refractivity contribution in [3.8, 4) is 0 Å². The van der Waals surface area contributed by atoms with Crippen molar-refractivity contribution in [2.45, 2.75) is 37.6 Å². The van der Waals surface area contributed by atoms with Crippen LogP contribution < -0.4 is 10.6 Å². The lowest BCUT2D eigenvalue weighted by Gasteiger charge is -2.44. The van der Waals surface area contributed by atoms with Crippen LogP contribution in [0.15, 0.2) is 54.6 Å². The van der Waals surface area contributed by atoms with Gasteiger partial charge in [0.15, 0.2) is 0 Å². The number of amides is 3. The molecule has 2 aliphatic rings.